The topological polar surface area (TPSA) is 65.1 Å². The molecule has 1 aromatic heterocycles. The largest absolute Gasteiger partial charge is 0.374 e. The molecule has 0 bridgehead atoms. The molecule has 0 aliphatic carbocycles. The summed E-state index contributed by atoms with van der Waals surface area (Å²) in [4.78, 5) is 0. The van der Waals surface area contributed by atoms with Crippen molar-refractivity contribution in [3.63, 3.8) is 0 Å². The van der Waals surface area contributed by atoms with Gasteiger partial charge < -0.3 is 4.74 Å². The van der Waals surface area contributed by atoms with Gasteiger partial charge in [0.15, 0.2) is 0 Å². The molecule has 6 heteroatoms. The molecule has 0 fully saturated rings. The predicted octanol–water partition coefficient (Wildman–Crippen LogP) is 1.50. The molecule has 0 radical (unpaired) electrons. The average Bonchev–Trinajstić information content (AvgIpc) is 2.48. The molecule has 3 N–H and O–H groups in total. The van der Waals surface area contributed by atoms with Crippen LogP contribution < -0.4 is 11.3 Å². The molecule has 5 nitrogen and oxygen atoms in total. The van der Waals surface area contributed by atoms with Crippen molar-refractivity contribution >= 4 is 15.9 Å². The zero-order chi connectivity index (χ0) is 12.3. The van der Waals surface area contributed by atoms with Crippen LogP contribution in [0.3, 0.4) is 0 Å². The highest BCUT2D eigenvalue weighted by Crippen LogP contribution is 2.23. The first kappa shape index (κ1) is 13.6. The predicted molar refractivity (Wildman–Crippen MR) is 66.7 cm³/mol. The van der Waals surface area contributed by atoms with Crippen molar-refractivity contribution in [1.29, 1.82) is 0 Å². The lowest BCUT2D eigenvalue weighted by Crippen LogP contribution is -2.35. The second-order valence-electron chi connectivity index (χ2n) is 4.64. The van der Waals surface area contributed by atoms with Crippen molar-refractivity contribution in [1.82, 2.24) is 15.2 Å². The number of ether oxygens (including phenoxy) is 1. The maximum absolute atomic E-state index is 5.71. The van der Waals surface area contributed by atoms with Gasteiger partial charge in [-0.2, -0.15) is 5.10 Å². The first-order valence-corrected chi connectivity index (χ1v) is 5.92. The molecule has 0 saturated heterocycles. The van der Waals surface area contributed by atoms with E-state index in [1.807, 2.05) is 27.8 Å². The molecular weight excluding hydrogens is 272 g/mol. The first-order valence-electron chi connectivity index (χ1n) is 5.12. The molecule has 1 heterocycles. The van der Waals surface area contributed by atoms with Crippen LogP contribution in [0.25, 0.3) is 0 Å². The number of nitrogens with two attached hydrogens (primary N) is 1. The number of hydrogen-bond acceptors (Lipinski definition) is 4. The summed E-state index contributed by atoms with van der Waals surface area (Å²) in [5.74, 6) is 5.54. The number of hydrogen-bond donors (Lipinski definition) is 2. The highest BCUT2D eigenvalue weighted by Gasteiger charge is 2.20. The van der Waals surface area contributed by atoms with E-state index >= 15 is 0 Å². The molecule has 0 amide bonds. The summed E-state index contributed by atoms with van der Waals surface area (Å²) in [5.41, 5.74) is 3.54. The van der Waals surface area contributed by atoms with Crippen molar-refractivity contribution in [2.75, 3.05) is 6.61 Å². The second kappa shape index (κ2) is 5.27. The minimum absolute atomic E-state index is 0.0823. The van der Waals surface area contributed by atoms with Crippen LogP contribution in [-0.2, 0) is 11.8 Å². The molecule has 16 heavy (non-hydrogen) atoms. The summed E-state index contributed by atoms with van der Waals surface area (Å²) < 4.78 is 8.42. The Morgan fingerprint density at radius 3 is 2.62 bits per heavy atom. The van der Waals surface area contributed by atoms with E-state index in [2.05, 4.69) is 26.5 Å². The Balaban J connectivity index is 2.75. The molecule has 0 saturated carbocycles. The smallest absolute Gasteiger partial charge is 0.0873 e. The average molecular weight is 291 g/mol. The van der Waals surface area contributed by atoms with E-state index in [-0.39, 0.29) is 11.6 Å². The molecule has 0 aliphatic rings. The van der Waals surface area contributed by atoms with Crippen molar-refractivity contribution in [3.8, 4) is 0 Å². The van der Waals surface area contributed by atoms with Crippen LogP contribution in [0, 0.1) is 0 Å². The minimum Gasteiger partial charge on any atom is -0.374 e. The quantitative estimate of drug-likeness (QED) is 0.652. The number of hydrazine groups is 1. The number of aromatic nitrogens is 2. The number of nitrogens with zero attached hydrogens (tertiary/aromatic N) is 2. The number of nitrogens with one attached hydrogen (secondary N) is 1. The Kier molecular flexibility index (Phi) is 4.49. The van der Waals surface area contributed by atoms with Gasteiger partial charge in [-0.3, -0.25) is 10.5 Å². The van der Waals surface area contributed by atoms with Crippen molar-refractivity contribution in [2.45, 2.75) is 32.4 Å². The summed E-state index contributed by atoms with van der Waals surface area (Å²) in [5, 5.41) is 4.15. The van der Waals surface area contributed by atoms with Gasteiger partial charge in [-0.25, -0.2) is 5.43 Å². The van der Waals surface area contributed by atoms with Crippen molar-refractivity contribution < 1.29 is 4.74 Å². The van der Waals surface area contributed by atoms with Crippen LogP contribution in [0.5, 0.6) is 0 Å². The lowest BCUT2D eigenvalue weighted by atomic mass is 10.2. The number of rotatable bonds is 4. The third-order valence-electron chi connectivity index (χ3n) is 2.15. The standard InChI is InChI=1S/C10H19BrN4O/c1-10(2,3)16-6-8(14-12)9-7(11)5-13-15(9)4/h5,8,14H,6,12H2,1-4H3. The Hall–Kier alpha value is -0.430. The molecule has 0 spiro atoms. The Labute approximate surface area is 104 Å². The first-order chi connectivity index (χ1) is 7.35. The van der Waals surface area contributed by atoms with Gasteiger partial charge in [-0.05, 0) is 36.7 Å². The molecule has 1 rings (SSSR count). The molecule has 92 valence electrons. The van der Waals surface area contributed by atoms with E-state index in [4.69, 9.17) is 10.6 Å². The van der Waals surface area contributed by atoms with E-state index in [9.17, 15) is 0 Å². The fraction of sp³-hybridized carbons (Fsp3) is 0.700. The summed E-state index contributed by atoms with van der Waals surface area (Å²) in [6.07, 6.45) is 1.75. The van der Waals surface area contributed by atoms with E-state index < -0.39 is 0 Å². The molecular formula is C10H19BrN4O. The van der Waals surface area contributed by atoms with Crippen LogP contribution in [0.2, 0.25) is 0 Å². The van der Waals surface area contributed by atoms with Crippen LogP contribution >= 0.6 is 15.9 Å². The minimum atomic E-state index is -0.180. The van der Waals surface area contributed by atoms with Gasteiger partial charge in [-0.15, -0.1) is 0 Å². The number of aryl methyl sites for hydroxylation is 1. The van der Waals surface area contributed by atoms with Crippen LogP contribution in [0.15, 0.2) is 10.7 Å². The summed E-state index contributed by atoms with van der Waals surface area (Å²) in [6, 6.07) is -0.0823. The maximum Gasteiger partial charge on any atom is 0.0873 e. The monoisotopic (exact) mass is 290 g/mol. The SMILES string of the molecule is Cn1ncc(Br)c1C(COC(C)(C)C)NN. The van der Waals surface area contributed by atoms with Crippen molar-refractivity contribution in [2.24, 2.45) is 12.9 Å². The normalized spacial score (nSPS) is 14.1. The van der Waals surface area contributed by atoms with Crippen LogP contribution in [-0.4, -0.2) is 22.0 Å². The van der Waals surface area contributed by atoms with Gasteiger partial charge in [0.2, 0.25) is 0 Å². The molecule has 0 aromatic carbocycles. The van der Waals surface area contributed by atoms with Gasteiger partial charge >= 0.3 is 0 Å². The van der Waals surface area contributed by atoms with E-state index in [0.29, 0.717) is 6.61 Å². The van der Waals surface area contributed by atoms with E-state index in [1.54, 1.807) is 10.9 Å². The van der Waals surface area contributed by atoms with E-state index in [1.165, 1.54) is 0 Å². The summed E-state index contributed by atoms with van der Waals surface area (Å²) >= 11 is 3.44. The van der Waals surface area contributed by atoms with Gasteiger partial charge in [0, 0.05) is 7.05 Å². The maximum atomic E-state index is 5.71. The van der Waals surface area contributed by atoms with Crippen molar-refractivity contribution in [3.05, 3.63) is 16.4 Å². The Morgan fingerprint density at radius 1 is 1.62 bits per heavy atom. The molecule has 0 aliphatic heterocycles. The molecule has 1 aromatic rings. The Bertz CT molecular complexity index is 326. The van der Waals surface area contributed by atoms with Crippen LogP contribution in [0.1, 0.15) is 32.5 Å². The van der Waals surface area contributed by atoms with E-state index in [0.717, 1.165) is 10.2 Å². The molecule has 1 atom stereocenters. The third-order valence-corrected chi connectivity index (χ3v) is 2.76. The fourth-order valence-electron chi connectivity index (χ4n) is 1.35. The van der Waals surface area contributed by atoms with Crippen LogP contribution in [0.4, 0.5) is 0 Å². The highest BCUT2D eigenvalue weighted by molar-refractivity contribution is 9.10. The van der Waals surface area contributed by atoms with Gasteiger partial charge in [-0.1, -0.05) is 0 Å². The highest BCUT2D eigenvalue weighted by atomic mass is 79.9. The Morgan fingerprint density at radius 2 is 2.25 bits per heavy atom. The third kappa shape index (κ3) is 3.55. The fourth-order valence-corrected chi connectivity index (χ4v) is 1.98. The lowest BCUT2D eigenvalue weighted by Gasteiger charge is -2.24. The van der Waals surface area contributed by atoms with Gasteiger partial charge in [0.1, 0.15) is 0 Å². The lowest BCUT2D eigenvalue weighted by molar-refractivity contribution is -0.0158. The summed E-state index contributed by atoms with van der Waals surface area (Å²) in [7, 11) is 1.88. The zero-order valence-electron chi connectivity index (χ0n) is 10.1. The second-order valence-corrected chi connectivity index (χ2v) is 5.50. The van der Waals surface area contributed by atoms with Gasteiger partial charge in [0.05, 0.1) is 34.6 Å². The van der Waals surface area contributed by atoms with Gasteiger partial charge in [0.25, 0.3) is 0 Å². The molecule has 1 unspecified atom stereocenters. The summed E-state index contributed by atoms with van der Waals surface area (Å²) in [6.45, 7) is 6.54. The number of halogens is 1. The zero-order valence-corrected chi connectivity index (χ0v) is 11.7.